The SMILES string of the molecule is N#Cc1ccccc1OC[C@H](O)CCl. The molecule has 1 rings (SSSR count). The summed E-state index contributed by atoms with van der Waals surface area (Å²) in [5.41, 5.74) is 0.453. The van der Waals surface area contributed by atoms with E-state index in [4.69, 9.17) is 26.7 Å². The zero-order chi connectivity index (χ0) is 10.4. The molecule has 1 N–H and O–H groups in total. The van der Waals surface area contributed by atoms with Gasteiger partial charge in [0, 0.05) is 0 Å². The molecule has 1 aromatic rings. The van der Waals surface area contributed by atoms with Crippen molar-refractivity contribution in [3.8, 4) is 11.8 Å². The molecule has 0 heterocycles. The Morgan fingerprint density at radius 1 is 1.50 bits per heavy atom. The van der Waals surface area contributed by atoms with E-state index < -0.39 is 6.10 Å². The van der Waals surface area contributed by atoms with E-state index in [1.165, 1.54) is 0 Å². The summed E-state index contributed by atoms with van der Waals surface area (Å²) in [6.45, 7) is 0.0994. The Labute approximate surface area is 87.5 Å². The number of hydrogen-bond donors (Lipinski definition) is 1. The van der Waals surface area contributed by atoms with Gasteiger partial charge in [0.05, 0.1) is 11.4 Å². The third-order valence-corrected chi connectivity index (χ3v) is 1.97. The fraction of sp³-hybridized carbons (Fsp3) is 0.300. The molecule has 0 aliphatic heterocycles. The number of alkyl halides is 1. The Balaban J connectivity index is 2.63. The Morgan fingerprint density at radius 2 is 2.21 bits per heavy atom. The minimum Gasteiger partial charge on any atom is -0.489 e. The van der Waals surface area contributed by atoms with Crippen molar-refractivity contribution in [3.63, 3.8) is 0 Å². The maximum atomic E-state index is 9.14. The van der Waals surface area contributed by atoms with E-state index in [9.17, 15) is 0 Å². The molecule has 0 aliphatic rings. The topological polar surface area (TPSA) is 53.2 Å². The monoisotopic (exact) mass is 211 g/mol. The van der Waals surface area contributed by atoms with Gasteiger partial charge in [0.25, 0.3) is 0 Å². The molecule has 1 aromatic carbocycles. The van der Waals surface area contributed by atoms with E-state index in [2.05, 4.69) is 0 Å². The van der Waals surface area contributed by atoms with Crippen LogP contribution in [0.1, 0.15) is 5.56 Å². The number of nitriles is 1. The van der Waals surface area contributed by atoms with Crippen molar-refractivity contribution in [2.45, 2.75) is 6.10 Å². The molecule has 74 valence electrons. The van der Waals surface area contributed by atoms with E-state index >= 15 is 0 Å². The second kappa shape index (κ2) is 5.48. The smallest absolute Gasteiger partial charge is 0.137 e. The summed E-state index contributed by atoms with van der Waals surface area (Å²) < 4.78 is 5.22. The molecule has 0 radical (unpaired) electrons. The van der Waals surface area contributed by atoms with Crippen LogP contribution in [0.3, 0.4) is 0 Å². The molecular weight excluding hydrogens is 202 g/mol. The number of nitrogens with zero attached hydrogens (tertiary/aromatic N) is 1. The number of aliphatic hydroxyl groups excluding tert-OH is 1. The van der Waals surface area contributed by atoms with Crippen molar-refractivity contribution < 1.29 is 9.84 Å². The molecule has 0 saturated heterocycles. The number of aliphatic hydroxyl groups is 1. The quantitative estimate of drug-likeness (QED) is 0.769. The van der Waals surface area contributed by atoms with Gasteiger partial charge in [-0.2, -0.15) is 5.26 Å². The molecule has 0 amide bonds. The van der Waals surface area contributed by atoms with Crippen LogP contribution in [0.2, 0.25) is 0 Å². The van der Waals surface area contributed by atoms with Gasteiger partial charge in [0.1, 0.15) is 24.5 Å². The van der Waals surface area contributed by atoms with Crippen LogP contribution in [-0.2, 0) is 0 Å². The number of halogens is 1. The van der Waals surface area contributed by atoms with Gasteiger partial charge in [-0.3, -0.25) is 0 Å². The van der Waals surface area contributed by atoms with Crippen molar-refractivity contribution in [3.05, 3.63) is 29.8 Å². The molecule has 0 bridgehead atoms. The second-order valence-electron chi connectivity index (χ2n) is 2.73. The summed E-state index contributed by atoms with van der Waals surface area (Å²) in [6, 6.07) is 8.85. The highest BCUT2D eigenvalue weighted by molar-refractivity contribution is 6.18. The first-order valence-corrected chi connectivity index (χ1v) is 4.67. The maximum Gasteiger partial charge on any atom is 0.137 e. The van der Waals surface area contributed by atoms with E-state index in [1.807, 2.05) is 6.07 Å². The molecule has 0 aliphatic carbocycles. The Hall–Kier alpha value is -1.24. The normalized spacial score (nSPS) is 11.8. The highest BCUT2D eigenvalue weighted by Crippen LogP contribution is 2.16. The number of benzene rings is 1. The highest BCUT2D eigenvalue weighted by atomic mass is 35.5. The maximum absolute atomic E-state index is 9.14. The van der Waals surface area contributed by atoms with Gasteiger partial charge in [0.15, 0.2) is 0 Å². The van der Waals surface area contributed by atoms with Gasteiger partial charge in [-0.05, 0) is 12.1 Å². The van der Waals surface area contributed by atoms with Crippen LogP contribution in [0.15, 0.2) is 24.3 Å². The minimum atomic E-state index is -0.705. The second-order valence-corrected chi connectivity index (χ2v) is 3.04. The van der Waals surface area contributed by atoms with Crippen LogP contribution in [0.5, 0.6) is 5.75 Å². The first-order chi connectivity index (χ1) is 6.77. The van der Waals surface area contributed by atoms with Crippen LogP contribution in [-0.4, -0.2) is 23.7 Å². The van der Waals surface area contributed by atoms with Crippen LogP contribution < -0.4 is 4.74 Å². The number of rotatable bonds is 4. The van der Waals surface area contributed by atoms with Gasteiger partial charge >= 0.3 is 0 Å². The average Bonchev–Trinajstić information content (AvgIpc) is 2.26. The molecule has 0 saturated carbocycles. The summed E-state index contributed by atoms with van der Waals surface area (Å²) in [5.74, 6) is 0.591. The van der Waals surface area contributed by atoms with Crippen LogP contribution in [0, 0.1) is 11.3 Å². The molecule has 0 fully saturated rings. The summed E-state index contributed by atoms with van der Waals surface area (Å²) in [4.78, 5) is 0. The first kappa shape index (κ1) is 10.8. The molecule has 0 unspecified atom stereocenters. The van der Waals surface area contributed by atoms with Gasteiger partial charge < -0.3 is 9.84 Å². The van der Waals surface area contributed by atoms with Crippen LogP contribution >= 0.6 is 11.6 Å². The zero-order valence-corrected chi connectivity index (χ0v) is 8.24. The molecule has 0 spiro atoms. The van der Waals surface area contributed by atoms with Crippen LogP contribution in [0.4, 0.5) is 0 Å². The Kier molecular flexibility index (Phi) is 4.24. The number of hydrogen-bond acceptors (Lipinski definition) is 3. The molecular formula is C10H10ClNO2. The Bertz CT molecular complexity index is 335. The van der Waals surface area contributed by atoms with E-state index in [1.54, 1.807) is 24.3 Å². The fourth-order valence-corrected chi connectivity index (χ4v) is 1.00. The molecule has 0 aromatic heterocycles. The van der Waals surface area contributed by atoms with E-state index in [0.29, 0.717) is 11.3 Å². The zero-order valence-electron chi connectivity index (χ0n) is 7.48. The van der Waals surface area contributed by atoms with E-state index in [0.717, 1.165) is 0 Å². The summed E-state index contributed by atoms with van der Waals surface area (Å²) >= 11 is 5.40. The van der Waals surface area contributed by atoms with Crippen molar-refractivity contribution >= 4 is 11.6 Å². The van der Waals surface area contributed by atoms with Crippen molar-refractivity contribution in [1.29, 1.82) is 5.26 Å². The lowest BCUT2D eigenvalue weighted by atomic mass is 10.2. The summed E-state index contributed by atoms with van der Waals surface area (Å²) in [6.07, 6.45) is -0.705. The molecule has 14 heavy (non-hydrogen) atoms. The third-order valence-electron chi connectivity index (χ3n) is 1.62. The predicted molar refractivity (Wildman–Crippen MR) is 53.4 cm³/mol. The highest BCUT2D eigenvalue weighted by Gasteiger charge is 2.05. The largest absolute Gasteiger partial charge is 0.489 e. The third kappa shape index (κ3) is 2.91. The van der Waals surface area contributed by atoms with Crippen LogP contribution in [0.25, 0.3) is 0 Å². The van der Waals surface area contributed by atoms with Gasteiger partial charge in [-0.25, -0.2) is 0 Å². The predicted octanol–water partition coefficient (Wildman–Crippen LogP) is 1.54. The van der Waals surface area contributed by atoms with Gasteiger partial charge in [-0.15, -0.1) is 11.6 Å². The van der Waals surface area contributed by atoms with Gasteiger partial charge in [-0.1, -0.05) is 12.1 Å². The lowest BCUT2D eigenvalue weighted by Crippen LogP contribution is -2.19. The summed E-state index contributed by atoms with van der Waals surface area (Å²) in [5, 5.41) is 17.9. The standard InChI is InChI=1S/C10H10ClNO2/c11-5-9(13)7-14-10-4-2-1-3-8(10)6-12/h1-4,9,13H,5,7H2/t9-/m1/s1. The minimum absolute atomic E-state index is 0.0994. The van der Waals surface area contributed by atoms with Gasteiger partial charge in [0.2, 0.25) is 0 Å². The molecule has 3 nitrogen and oxygen atoms in total. The van der Waals surface area contributed by atoms with Crippen molar-refractivity contribution in [2.75, 3.05) is 12.5 Å². The lowest BCUT2D eigenvalue weighted by Gasteiger charge is -2.10. The van der Waals surface area contributed by atoms with Crippen molar-refractivity contribution in [1.82, 2.24) is 0 Å². The Morgan fingerprint density at radius 3 is 2.86 bits per heavy atom. The summed E-state index contributed by atoms with van der Waals surface area (Å²) in [7, 11) is 0. The van der Waals surface area contributed by atoms with Crippen molar-refractivity contribution in [2.24, 2.45) is 0 Å². The fourth-order valence-electron chi connectivity index (χ4n) is 0.915. The lowest BCUT2D eigenvalue weighted by molar-refractivity contribution is 0.125. The molecule has 4 heteroatoms. The first-order valence-electron chi connectivity index (χ1n) is 4.14. The number of ether oxygens (including phenoxy) is 1. The van der Waals surface area contributed by atoms with E-state index in [-0.39, 0.29) is 12.5 Å². The number of para-hydroxylation sites is 1. The molecule has 1 atom stereocenters. The average molecular weight is 212 g/mol.